The van der Waals surface area contributed by atoms with Gasteiger partial charge >= 0.3 is 0 Å². The average Bonchev–Trinajstić information content (AvgIpc) is 2.82. The minimum Gasteiger partial charge on any atom is -0.369 e. The number of halogens is 3. The number of nitrogens with zero attached hydrogens (tertiary/aromatic N) is 2. The molecule has 0 radical (unpaired) electrons. The third-order valence-electron chi connectivity index (χ3n) is 3.92. The molecule has 3 rings (SSSR count). The van der Waals surface area contributed by atoms with Gasteiger partial charge in [-0.15, -0.1) is 0 Å². The second-order valence-electron chi connectivity index (χ2n) is 5.00. The standard InChI is InChI=1S/C13H15Cl2FN2/c14-11-6-10(7-12(15)13(11)16)18-5-4-17-3-1-2-9(17)8-18/h6-7,9H,1-5,8H2. The van der Waals surface area contributed by atoms with Crippen LogP contribution in [0.15, 0.2) is 12.1 Å². The highest BCUT2D eigenvalue weighted by atomic mass is 35.5. The number of piperazine rings is 1. The normalized spacial score (nSPS) is 24.4. The summed E-state index contributed by atoms with van der Waals surface area (Å²) in [4.78, 5) is 4.78. The summed E-state index contributed by atoms with van der Waals surface area (Å²) in [6.07, 6.45) is 2.53. The molecule has 2 heterocycles. The van der Waals surface area contributed by atoms with E-state index >= 15 is 0 Å². The molecule has 2 fully saturated rings. The molecule has 0 amide bonds. The molecule has 18 heavy (non-hydrogen) atoms. The molecule has 0 N–H and O–H groups in total. The molecule has 2 nitrogen and oxygen atoms in total. The SMILES string of the molecule is Fc1c(Cl)cc(N2CCN3CCCC3C2)cc1Cl. The Bertz CT molecular complexity index is 443. The van der Waals surface area contributed by atoms with Crippen molar-refractivity contribution in [2.45, 2.75) is 18.9 Å². The van der Waals surface area contributed by atoms with Gasteiger partial charge in [0.2, 0.25) is 0 Å². The second-order valence-corrected chi connectivity index (χ2v) is 5.82. The zero-order valence-corrected chi connectivity index (χ0v) is 11.5. The zero-order chi connectivity index (χ0) is 12.7. The van der Waals surface area contributed by atoms with Crippen molar-refractivity contribution in [3.8, 4) is 0 Å². The Labute approximate surface area is 116 Å². The third kappa shape index (κ3) is 2.20. The molecule has 1 aromatic rings. The van der Waals surface area contributed by atoms with E-state index < -0.39 is 5.82 Å². The van der Waals surface area contributed by atoms with Crippen LogP contribution in [-0.2, 0) is 0 Å². The molecule has 1 aromatic carbocycles. The number of rotatable bonds is 1. The van der Waals surface area contributed by atoms with E-state index in [2.05, 4.69) is 9.80 Å². The van der Waals surface area contributed by atoms with Gasteiger partial charge in [0.15, 0.2) is 5.82 Å². The van der Waals surface area contributed by atoms with Gasteiger partial charge < -0.3 is 4.90 Å². The highest BCUT2D eigenvalue weighted by molar-refractivity contribution is 6.35. The number of fused-ring (bicyclic) bond motifs is 1. The first-order valence-corrected chi connectivity index (χ1v) is 7.04. The maximum absolute atomic E-state index is 13.4. The van der Waals surface area contributed by atoms with Gasteiger partial charge in [0.05, 0.1) is 10.0 Å². The van der Waals surface area contributed by atoms with Crippen LogP contribution in [0.25, 0.3) is 0 Å². The maximum atomic E-state index is 13.4. The molecule has 2 aliphatic heterocycles. The minimum absolute atomic E-state index is 0.103. The fourth-order valence-electron chi connectivity index (χ4n) is 2.95. The number of hydrogen-bond donors (Lipinski definition) is 0. The first-order valence-electron chi connectivity index (χ1n) is 6.28. The summed E-state index contributed by atoms with van der Waals surface area (Å²) in [5.74, 6) is -0.526. The number of benzene rings is 1. The van der Waals surface area contributed by atoms with Crippen molar-refractivity contribution in [3.63, 3.8) is 0 Å². The molecule has 0 saturated carbocycles. The molecule has 5 heteroatoms. The first kappa shape index (κ1) is 12.5. The summed E-state index contributed by atoms with van der Waals surface area (Å²) in [6.45, 7) is 4.22. The van der Waals surface area contributed by atoms with Crippen molar-refractivity contribution in [2.75, 3.05) is 31.1 Å². The first-order chi connectivity index (χ1) is 8.65. The lowest BCUT2D eigenvalue weighted by Crippen LogP contribution is -2.50. The molecule has 98 valence electrons. The van der Waals surface area contributed by atoms with Gasteiger partial charge in [0.25, 0.3) is 0 Å². The van der Waals surface area contributed by atoms with Crippen molar-refractivity contribution in [1.29, 1.82) is 0 Å². The molecule has 1 atom stereocenters. The van der Waals surface area contributed by atoms with Crippen molar-refractivity contribution >= 4 is 28.9 Å². The highest BCUT2D eigenvalue weighted by Crippen LogP contribution is 2.31. The molecule has 0 aromatic heterocycles. The largest absolute Gasteiger partial charge is 0.369 e. The molecule has 1 unspecified atom stereocenters. The van der Waals surface area contributed by atoms with E-state index in [9.17, 15) is 4.39 Å². The Morgan fingerprint density at radius 2 is 1.83 bits per heavy atom. The lowest BCUT2D eigenvalue weighted by atomic mass is 10.1. The van der Waals surface area contributed by atoms with Gasteiger partial charge in [-0.1, -0.05) is 23.2 Å². The van der Waals surface area contributed by atoms with Crippen molar-refractivity contribution in [2.24, 2.45) is 0 Å². The van der Waals surface area contributed by atoms with Crippen LogP contribution in [-0.4, -0.2) is 37.1 Å². The Kier molecular flexibility index (Phi) is 3.39. The third-order valence-corrected chi connectivity index (χ3v) is 4.47. The molecule has 0 bridgehead atoms. The van der Waals surface area contributed by atoms with Crippen LogP contribution in [0.5, 0.6) is 0 Å². The Balaban J connectivity index is 1.83. The number of anilines is 1. The van der Waals surface area contributed by atoms with Crippen LogP contribution >= 0.6 is 23.2 Å². The van der Waals surface area contributed by atoms with Crippen LogP contribution < -0.4 is 4.90 Å². The van der Waals surface area contributed by atoms with Crippen LogP contribution in [0.2, 0.25) is 10.0 Å². The summed E-state index contributed by atoms with van der Waals surface area (Å²) in [5, 5.41) is 0.206. The van der Waals surface area contributed by atoms with E-state index in [4.69, 9.17) is 23.2 Å². The lowest BCUT2D eigenvalue weighted by Gasteiger charge is -2.39. The summed E-state index contributed by atoms with van der Waals surface area (Å²) >= 11 is 11.7. The summed E-state index contributed by atoms with van der Waals surface area (Å²) in [7, 11) is 0. The van der Waals surface area contributed by atoms with E-state index in [0.717, 1.165) is 25.3 Å². The van der Waals surface area contributed by atoms with E-state index in [1.165, 1.54) is 19.4 Å². The second kappa shape index (κ2) is 4.87. The van der Waals surface area contributed by atoms with Crippen LogP contribution in [0, 0.1) is 5.82 Å². The predicted molar refractivity (Wildman–Crippen MR) is 73.2 cm³/mol. The molecule has 2 saturated heterocycles. The molecular formula is C13H15Cl2FN2. The smallest absolute Gasteiger partial charge is 0.160 e. The van der Waals surface area contributed by atoms with Crippen LogP contribution in [0.3, 0.4) is 0 Å². The fraction of sp³-hybridized carbons (Fsp3) is 0.538. The van der Waals surface area contributed by atoms with Crippen molar-refractivity contribution < 1.29 is 4.39 Å². The van der Waals surface area contributed by atoms with E-state index in [1.54, 1.807) is 12.1 Å². The van der Waals surface area contributed by atoms with Crippen LogP contribution in [0.4, 0.5) is 10.1 Å². The fourth-order valence-corrected chi connectivity index (χ4v) is 3.43. The average molecular weight is 289 g/mol. The summed E-state index contributed by atoms with van der Waals surface area (Å²) < 4.78 is 13.4. The monoisotopic (exact) mass is 288 g/mol. The van der Waals surface area contributed by atoms with Gasteiger partial charge in [-0.05, 0) is 31.5 Å². The Morgan fingerprint density at radius 3 is 2.56 bits per heavy atom. The summed E-state index contributed by atoms with van der Waals surface area (Å²) in [6, 6.07) is 3.97. The van der Waals surface area contributed by atoms with Gasteiger partial charge in [0.1, 0.15) is 0 Å². The van der Waals surface area contributed by atoms with Gasteiger partial charge in [-0.25, -0.2) is 4.39 Å². The summed E-state index contributed by atoms with van der Waals surface area (Å²) in [5.41, 5.74) is 0.929. The van der Waals surface area contributed by atoms with Gasteiger partial charge in [0, 0.05) is 31.4 Å². The molecular weight excluding hydrogens is 274 g/mol. The van der Waals surface area contributed by atoms with E-state index in [1.807, 2.05) is 0 Å². The molecule has 2 aliphatic rings. The Morgan fingerprint density at radius 1 is 1.11 bits per heavy atom. The van der Waals surface area contributed by atoms with Gasteiger partial charge in [-0.2, -0.15) is 0 Å². The zero-order valence-electron chi connectivity index (χ0n) is 10.0. The van der Waals surface area contributed by atoms with Gasteiger partial charge in [-0.3, -0.25) is 4.90 Å². The molecule has 0 spiro atoms. The molecule has 0 aliphatic carbocycles. The topological polar surface area (TPSA) is 6.48 Å². The Hall–Kier alpha value is -0.510. The van der Waals surface area contributed by atoms with E-state index in [-0.39, 0.29) is 10.0 Å². The van der Waals surface area contributed by atoms with E-state index in [0.29, 0.717) is 6.04 Å². The lowest BCUT2D eigenvalue weighted by molar-refractivity contribution is 0.231. The number of hydrogen-bond acceptors (Lipinski definition) is 2. The minimum atomic E-state index is -0.526. The van der Waals surface area contributed by atoms with Crippen molar-refractivity contribution in [3.05, 3.63) is 28.0 Å². The van der Waals surface area contributed by atoms with Crippen molar-refractivity contribution in [1.82, 2.24) is 4.90 Å². The highest BCUT2D eigenvalue weighted by Gasteiger charge is 2.30. The quantitative estimate of drug-likeness (QED) is 0.731. The predicted octanol–water partition coefficient (Wildman–Crippen LogP) is 3.42. The van der Waals surface area contributed by atoms with Crippen LogP contribution in [0.1, 0.15) is 12.8 Å². The maximum Gasteiger partial charge on any atom is 0.160 e.